The summed E-state index contributed by atoms with van der Waals surface area (Å²) in [6.45, 7) is 2.02. The van der Waals surface area contributed by atoms with Crippen LogP contribution in [0.15, 0.2) is 104 Å². The van der Waals surface area contributed by atoms with E-state index in [0.717, 1.165) is 73.2 Å². The molecule has 0 aliphatic rings. The highest BCUT2D eigenvalue weighted by molar-refractivity contribution is 6.01. The average molecular weight is 598 g/mol. The third kappa shape index (κ3) is 6.11. The average Bonchev–Trinajstić information content (AvgIpc) is 3.68. The fourth-order valence-electron chi connectivity index (χ4n) is 5.48. The second-order valence-corrected chi connectivity index (χ2v) is 11.3. The molecular formula is C36H32FN7O. The summed E-state index contributed by atoms with van der Waals surface area (Å²) in [5.41, 5.74) is 8.72. The first-order valence-electron chi connectivity index (χ1n) is 14.8. The number of ether oxygens (including phenoxy) is 1. The largest absolute Gasteiger partial charge is 0.487 e. The molecule has 0 saturated carbocycles. The van der Waals surface area contributed by atoms with Crippen molar-refractivity contribution in [1.82, 2.24) is 30.0 Å². The first-order valence-corrected chi connectivity index (χ1v) is 14.8. The van der Waals surface area contributed by atoms with Gasteiger partial charge in [0.15, 0.2) is 0 Å². The molecule has 3 aromatic carbocycles. The van der Waals surface area contributed by atoms with Gasteiger partial charge in [-0.2, -0.15) is 5.10 Å². The number of H-pyrrole nitrogens is 2. The van der Waals surface area contributed by atoms with Crippen LogP contribution in [0.4, 0.5) is 10.1 Å². The number of aromatic amines is 2. The molecule has 0 unspecified atom stereocenters. The Hall–Kier alpha value is -5.54. The minimum Gasteiger partial charge on any atom is -0.487 e. The molecule has 0 spiro atoms. The van der Waals surface area contributed by atoms with Crippen molar-refractivity contribution in [2.24, 2.45) is 0 Å². The fraction of sp³-hybridized carbons (Fsp3) is 0.139. The number of rotatable bonds is 10. The number of anilines is 1. The molecule has 0 aliphatic carbocycles. The normalized spacial score (nSPS) is 11.5. The Morgan fingerprint density at radius 3 is 2.53 bits per heavy atom. The lowest BCUT2D eigenvalue weighted by atomic mass is 10.0. The lowest BCUT2D eigenvalue weighted by Gasteiger charge is -2.13. The lowest BCUT2D eigenvalue weighted by molar-refractivity contribution is 0.305. The summed E-state index contributed by atoms with van der Waals surface area (Å²) in [5, 5.41) is 13.0. The number of nitrogens with one attached hydrogen (secondary N) is 3. The van der Waals surface area contributed by atoms with Gasteiger partial charge in [0.2, 0.25) is 0 Å². The maximum absolute atomic E-state index is 14.7. The molecule has 224 valence electrons. The van der Waals surface area contributed by atoms with E-state index in [1.807, 2.05) is 74.9 Å². The van der Waals surface area contributed by atoms with Crippen molar-refractivity contribution in [1.29, 1.82) is 0 Å². The van der Waals surface area contributed by atoms with Gasteiger partial charge in [-0.3, -0.25) is 15.1 Å². The van der Waals surface area contributed by atoms with Gasteiger partial charge >= 0.3 is 0 Å². The molecule has 3 N–H and O–H groups in total. The van der Waals surface area contributed by atoms with Crippen LogP contribution in [0.25, 0.3) is 55.4 Å². The van der Waals surface area contributed by atoms with Crippen LogP contribution in [-0.4, -0.2) is 57.2 Å². The van der Waals surface area contributed by atoms with Crippen molar-refractivity contribution in [2.75, 3.05) is 32.5 Å². The number of likely N-dealkylation sites (N-methyl/N-ethyl adjacent to an activating group) is 1. The van der Waals surface area contributed by atoms with Crippen molar-refractivity contribution < 1.29 is 9.13 Å². The van der Waals surface area contributed by atoms with Gasteiger partial charge in [0.05, 0.1) is 29.1 Å². The van der Waals surface area contributed by atoms with E-state index in [2.05, 4.69) is 47.5 Å². The van der Waals surface area contributed by atoms with Gasteiger partial charge in [0, 0.05) is 53.1 Å². The molecule has 45 heavy (non-hydrogen) atoms. The maximum Gasteiger partial charge on any atom is 0.138 e. The highest BCUT2D eigenvalue weighted by Gasteiger charge is 2.16. The monoisotopic (exact) mass is 597 g/mol. The molecule has 0 saturated heterocycles. The molecule has 0 radical (unpaired) electrons. The fourth-order valence-corrected chi connectivity index (χ4v) is 5.48. The van der Waals surface area contributed by atoms with E-state index in [1.165, 1.54) is 6.07 Å². The van der Waals surface area contributed by atoms with E-state index in [4.69, 9.17) is 4.74 Å². The lowest BCUT2D eigenvalue weighted by Crippen LogP contribution is -2.20. The Balaban J connectivity index is 1.20. The number of pyridine rings is 2. The second-order valence-electron chi connectivity index (χ2n) is 11.3. The molecule has 0 bridgehead atoms. The van der Waals surface area contributed by atoms with E-state index in [-0.39, 0.29) is 5.82 Å². The van der Waals surface area contributed by atoms with Crippen LogP contribution in [0.3, 0.4) is 0 Å². The maximum atomic E-state index is 14.7. The van der Waals surface area contributed by atoms with Crippen LogP contribution in [-0.2, 0) is 6.61 Å². The van der Waals surface area contributed by atoms with Gasteiger partial charge in [0.1, 0.15) is 23.9 Å². The molecule has 4 heterocycles. The van der Waals surface area contributed by atoms with Gasteiger partial charge in [0.25, 0.3) is 0 Å². The third-order valence-electron chi connectivity index (χ3n) is 7.76. The summed E-state index contributed by atoms with van der Waals surface area (Å²) in [6, 6.07) is 25.3. The van der Waals surface area contributed by atoms with Crippen LogP contribution in [0, 0.1) is 5.82 Å². The quantitative estimate of drug-likeness (QED) is 0.151. The van der Waals surface area contributed by atoms with Crippen molar-refractivity contribution in [3.8, 4) is 39.4 Å². The summed E-state index contributed by atoms with van der Waals surface area (Å²) in [7, 11) is 4.02. The molecule has 4 aromatic heterocycles. The topological polar surface area (TPSA) is 94.8 Å². The van der Waals surface area contributed by atoms with Crippen molar-refractivity contribution in [3.63, 3.8) is 0 Å². The number of nitrogens with zero attached hydrogens (tertiary/aromatic N) is 4. The van der Waals surface area contributed by atoms with E-state index < -0.39 is 0 Å². The Morgan fingerprint density at radius 2 is 1.67 bits per heavy atom. The van der Waals surface area contributed by atoms with Crippen molar-refractivity contribution in [2.45, 2.75) is 6.61 Å². The minimum atomic E-state index is -0.303. The predicted molar refractivity (Wildman–Crippen MR) is 178 cm³/mol. The molecule has 7 rings (SSSR count). The minimum absolute atomic E-state index is 0.303. The van der Waals surface area contributed by atoms with E-state index in [9.17, 15) is 4.39 Å². The zero-order chi connectivity index (χ0) is 30.8. The molecule has 7 aromatic rings. The van der Waals surface area contributed by atoms with Gasteiger partial charge in [-0.25, -0.2) is 4.39 Å². The Kier molecular flexibility index (Phi) is 7.67. The van der Waals surface area contributed by atoms with Crippen molar-refractivity contribution >= 4 is 27.5 Å². The number of hydrogen-bond donors (Lipinski definition) is 3. The summed E-state index contributed by atoms with van der Waals surface area (Å²) >= 11 is 0. The number of halogens is 1. The molecule has 0 fully saturated rings. The number of hydrogen-bond acceptors (Lipinski definition) is 6. The van der Waals surface area contributed by atoms with Crippen LogP contribution >= 0.6 is 0 Å². The summed E-state index contributed by atoms with van der Waals surface area (Å²) in [4.78, 5) is 14.5. The Morgan fingerprint density at radius 1 is 0.800 bits per heavy atom. The van der Waals surface area contributed by atoms with Crippen LogP contribution in [0.5, 0.6) is 5.75 Å². The van der Waals surface area contributed by atoms with Gasteiger partial charge in [-0.1, -0.05) is 36.4 Å². The zero-order valence-electron chi connectivity index (χ0n) is 25.0. The highest BCUT2D eigenvalue weighted by Crippen LogP contribution is 2.36. The van der Waals surface area contributed by atoms with Crippen LogP contribution in [0.1, 0.15) is 5.56 Å². The number of benzene rings is 3. The van der Waals surface area contributed by atoms with Gasteiger partial charge < -0.3 is 19.9 Å². The predicted octanol–water partition coefficient (Wildman–Crippen LogP) is 7.53. The first kappa shape index (κ1) is 28.2. The standard InChI is InChI=1S/C36H32FN7O/c1-44(2)11-10-40-28-13-25(12-27(37)16-28)32-20-39-21-35-30(32)17-34(41-35)36-31-15-24(8-9-33(31)42-43-36)26-14-29(19-38-18-26)45-22-23-6-4-3-5-7-23/h3-9,12-21,40-41H,10-11,22H2,1-2H3,(H,42,43). The Bertz CT molecular complexity index is 2100. The molecule has 0 aliphatic heterocycles. The molecule has 8 nitrogen and oxygen atoms in total. The van der Waals surface area contributed by atoms with Crippen molar-refractivity contribution in [3.05, 3.63) is 115 Å². The highest BCUT2D eigenvalue weighted by atomic mass is 19.1. The summed E-state index contributed by atoms with van der Waals surface area (Å²) in [5.74, 6) is 0.399. The van der Waals surface area contributed by atoms with Crippen LogP contribution < -0.4 is 10.1 Å². The molecular weight excluding hydrogens is 565 g/mol. The van der Waals surface area contributed by atoms with E-state index in [1.54, 1.807) is 24.7 Å². The molecule has 0 atom stereocenters. The SMILES string of the molecule is CN(C)CCNc1cc(F)cc(-c2cncc3[nH]c(-c4n[nH]c5ccc(-c6cncc(OCc7ccccc7)c6)cc45)cc23)c1. The molecule has 0 amide bonds. The van der Waals surface area contributed by atoms with E-state index >= 15 is 0 Å². The van der Waals surface area contributed by atoms with Crippen LogP contribution in [0.2, 0.25) is 0 Å². The molecule has 9 heteroatoms. The smallest absolute Gasteiger partial charge is 0.138 e. The second kappa shape index (κ2) is 12.2. The zero-order valence-corrected chi connectivity index (χ0v) is 25.0. The first-order chi connectivity index (χ1) is 22.0. The Labute approximate surface area is 259 Å². The summed E-state index contributed by atoms with van der Waals surface area (Å²) < 4.78 is 20.7. The van der Waals surface area contributed by atoms with Gasteiger partial charge in [-0.15, -0.1) is 0 Å². The number of aromatic nitrogens is 5. The number of fused-ring (bicyclic) bond motifs is 2. The summed E-state index contributed by atoms with van der Waals surface area (Å²) in [6.07, 6.45) is 7.12. The third-order valence-corrected chi connectivity index (χ3v) is 7.76. The van der Waals surface area contributed by atoms with E-state index in [0.29, 0.717) is 18.9 Å². The van der Waals surface area contributed by atoms with Gasteiger partial charge in [-0.05, 0) is 73.3 Å².